The highest BCUT2D eigenvalue weighted by atomic mass is 16.6. The fraction of sp³-hybridized carbons (Fsp3) is 0.464. The molecule has 0 heterocycles. The number of primary amides is 1. The monoisotopic (exact) mass is 528 g/mol. The molecule has 208 valence electrons. The molecular formula is C28H40N4O6. The van der Waals surface area contributed by atoms with E-state index in [4.69, 9.17) is 31.4 Å². The van der Waals surface area contributed by atoms with Crippen molar-refractivity contribution < 1.29 is 28.6 Å². The maximum atomic E-state index is 13.1. The van der Waals surface area contributed by atoms with Crippen molar-refractivity contribution in [2.24, 2.45) is 22.6 Å². The number of nitrogens with one attached hydrogen (secondary N) is 1. The lowest BCUT2D eigenvalue weighted by Gasteiger charge is -2.32. The van der Waals surface area contributed by atoms with Crippen LogP contribution in [0.15, 0.2) is 60.7 Å². The molecule has 10 heteroatoms. The van der Waals surface area contributed by atoms with Gasteiger partial charge in [0.1, 0.15) is 24.4 Å². The summed E-state index contributed by atoms with van der Waals surface area (Å²) in [6.45, 7) is 5.40. The summed E-state index contributed by atoms with van der Waals surface area (Å²) >= 11 is 0. The van der Waals surface area contributed by atoms with E-state index in [2.05, 4.69) is 5.32 Å². The maximum Gasteiger partial charge on any atom is 0.404 e. The fourth-order valence-electron chi connectivity index (χ4n) is 4.04. The molecule has 7 N–H and O–H groups in total. The Labute approximate surface area is 224 Å². The molecule has 0 radical (unpaired) electrons. The van der Waals surface area contributed by atoms with Crippen LogP contribution in [0.5, 0.6) is 0 Å². The Hall–Kier alpha value is -3.47. The Morgan fingerprint density at radius 2 is 1.58 bits per heavy atom. The summed E-state index contributed by atoms with van der Waals surface area (Å²) in [6.07, 6.45) is -2.19. The third kappa shape index (κ3) is 10.1. The summed E-state index contributed by atoms with van der Waals surface area (Å²) in [5.41, 5.74) is 18.9. The molecule has 2 aromatic rings. The quantitative estimate of drug-likeness (QED) is 0.201. The number of amides is 2. The second kappa shape index (κ2) is 15.1. The van der Waals surface area contributed by atoms with E-state index in [1.165, 1.54) is 0 Å². The summed E-state index contributed by atoms with van der Waals surface area (Å²) in [5.74, 6) is -0.614. The Morgan fingerprint density at radius 3 is 2.11 bits per heavy atom. The number of carbonyl (C=O) groups is 3. The smallest absolute Gasteiger partial charge is 0.404 e. The van der Waals surface area contributed by atoms with E-state index in [9.17, 15) is 14.4 Å². The molecule has 2 amide bonds. The van der Waals surface area contributed by atoms with E-state index >= 15 is 0 Å². The molecule has 38 heavy (non-hydrogen) atoms. The first-order valence-electron chi connectivity index (χ1n) is 12.6. The molecule has 0 aliphatic heterocycles. The van der Waals surface area contributed by atoms with Crippen LogP contribution < -0.4 is 22.5 Å². The minimum absolute atomic E-state index is 0.0213. The van der Waals surface area contributed by atoms with Crippen molar-refractivity contribution in [2.45, 2.75) is 64.0 Å². The van der Waals surface area contributed by atoms with Crippen molar-refractivity contribution in [1.29, 1.82) is 0 Å². The summed E-state index contributed by atoms with van der Waals surface area (Å²) in [7, 11) is 0. The average Bonchev–Trinajstić information content (AvgIpc) is 2.87. The molecule has 0 saturated heterocycles. The Balaban J connectivity index is 2.22. The number of esters is 1. The van der Waals surface area contributed by atoms with E-state index in [1.54, 1.807) is 0 Å². The molecule has 0 aliphatic rings. The SMILES string of the molecule is CC(C)(C)C(NC=O)C(=O)OC(COC(CN)C(Cc1ccccc1)OC(N)=O)CC(N)c1ccccc1. The Bertz CT molecular complexity index is 999. The molecule has 0 saturated carbocycles. The van der Waals surface area contributed by atoms with Gasteiger partial charge in [-0.05, 0) is 16.5 Å². The first-order chi connectivity index (χ1) is 18.0. The number of benzene rings is 2. The van der Waals surface area contributed by atoms with E-state index in [0.717, 1.165) is 11.1 Å². The van der Waals surface area contributed by atoms with Gasteiger partial charge in [0.15, 0.2) is 0 Å². The van der Waals surface area contributed by atoms with Gasteiger partial charge in [0, 0.05) is 25.4 Å². The molecule has 2 rings (SSSR count). The lowest BCUT2D eigenvalue weighted by Crippen LogP contribution is -2.49. The number of carbonyl (C=O) groups excluding carboxylic acids is 3. The van der Waals surface area contributed by atoms with Gasteiger partial charge in [-0.3, -0.25) is 4.79 Å². The topological polar surface area (TPSA) is 169 Å². The largest absolute Gasteiger partial charge is 0.458 e. The average molecular weight is 529 g/mol. The van der Waals surface area contributed by atoms with Crippen molar-refractivity contribution in [3.63, 3.8) is 0 Å². The summed E-state index contributed by atoms with van der Waals surface area (Å²) in [6, 6.07) is 17.5. The van der Waals surface area contributed by atoms with Crippen molar-refractivity contribution in [2.75, 3.05) is 13.2 Å². The first kappa shape index (κ1) is 30.8. The molecular weight excluding hydrogens is 488 g/mol. The number of hydrogen-bond donors (Lipinski definition) is 4. The standard InChI is InChI=1S/C28H40N4O6/c1-28(2,3)25(32-18-33)26(34)37-21(15-22(30)20-12-8-5-9-13-20)17-36-24(16-29)23(38-27(31)35)14-19-10-6-4-7-11-19/h4-13,18,21-25H,14-17,29-30H2,1-3H3,(H2,31,35)(H,32,33). The second-order valence-corrected chi connectivity index (χ2v) is 10.2. The van der Waals surface area contributed by atoms with Crippen LogP contribution in [0.2, 0.25) is 0 Å². The molecule has 5 unspecified atom stereocenters. The van der Waals surface area contributed by atoms with Gasteiger partial charge in [-0.2, -0.15) is 0 Å². The normalized spacial score (nSPS) is 15.4. The second-order valence-electron chi connectivity index (χ2n) is 10.2. The van der Waals surface area contributed by atoms with E-state index in [1.807, 2.05) is 81.4 Å². The van der Waals surface area contributed by atoms with Crippen LogP contribution in [-0.2, 0) is 30.2 Å². The zero-order valence-electron chi connectivity index (χ0n) is 22.2. The molecule has 0 spiro atoms. The van der Waals surface area contributed by atoms with Gasteiger partial charge in [0.05, 0.1) is 6.61 Å². The molecule has 2 aromatic carbocycles. The lowest BCUT2D eigenvalue weighted by molar-refractivity contribution is -0.161. The van der Waals surface area contributed by atoms with Crippen molar-refractivity contribution in [3.05, 3.63) is 71.8 Å². The van der Waals surface area contributed by atoms with Gasteiger partial charge in [-0.25, -0.2) is 9.59 Å². The number of ether oxygens (including phenoxy) is 3. The number of nitrogens with two attached hydrogens (primary N) is 3. The summed E-state index contributed by atoms with van der Waals surface area (Å²) in [5, 5.41) is 2.54. The fourth-order valence-corrected chi connectivity index (χ4v) is 4.04. The van der Waals surface area contributed by atoms with Crippen molar-refractivity contribution in [1.82, 2.24) is 5.32 Å². The molecule has 10 nitrogen and oxygen atoms in total. The van der Waals surface area contributed by atoms with Crippen LogP contribution in [0.3, 0.4) is 0 Å². The third-order valence-electron chi connectivity index (χ3n) is 6.05. The van der Waals surface area contributed by atoms with Crippen LogP contribution in [-0.4, -0.2) is 56.0 Å². The predicted molar refractivity (Wildman–Crippen MR) is 144 cm³/mol. The summed E-state index contributed by atoms with van der Waals surface area (Å²) < 4.78 is 17.2. The molecule has 5 atom stereocenters. The highest BCUT2D eigenvalue weighted by molar-refractivity contribution is 5.79. The van der Waals surface area contributed by atoms with Crippen LogP contribution >= 0.6 is 0 Å². The predicted octanol–water partition coefficient (Wildman–Crippen LogP) is 2.20. The molecule has 0 fully saturated rings. The van der Waals surface area contributed by atoms with Gasteiger partial charge in [0.2, 0.25) is 6.41 Å². The maximum absolute atomic E-state index is 13.1. The van der Waals surface area contributed by atoms with Crippen LogP contribution in [0.1, 0.15) is 44.4 Å². The van der Waals surface area contributed by atoms with Crippen LogP contribution in [0, 0.1) is 5.41 Å². The highest BCUT2D eigenvalue weighted by Gasteiger charge is 2.35. The van der Waals surface area contributed by atoms with Gasteiger partial charge < -0.3 is 36.7 Å². The summed E-state index contributed by atoms with van der Waals surface area (Å²) in [4.78, 5) is 35.9. The van der Waals surface area contributed by atoms with Gasteiger partial charge in [-0.15, -0.1) is 0 Å². The minimum Gasteiger partial charge on any atom is -0.458 e. The lowest BCUT2D eigenvalue weighted by atomic mass is 9.87. The zero-order chi connectivity index (χ0) is 28.1. The van der Waals surface area contributed by atoms with Crippen molar-refractivity contribution in [3.8, 4) is 0 Å². The van der Waals surface area contributed by atoms with Gasteiger partial charge in [0.25, 0.3) is 0 Å². The van der Waals surface area contributed by atoms with E-state index in [-0.39, 0.29) is 19.6 Å². The number of hydrogen-bond acceptors (Lipinski definition) is 8. The van der Waals surface area contributed by atoms with Crippen LogP contribution in [0.25, 0.3) is 0 Å². The van der Waals surface area contributed by atoms with Gasteiger partial charge in [-0.1, -0.05) is 81.4 Å². The van der Waals surface area contributed by atoms with Crippen LogP contribution in [0.4, 0.5) is 4.79 Å². The van der Waals surface area contributed by atoms with E-state index < -0.39 is 47.9 Å². The molecule has 0 aromatic heterocycles. The van der Waals surface area contributed by atoms with E-state index in [0.29, 0.717) is 12.8 Å². The molecule has 0 bridgehead atoms. The Morgan fingerprint density at radius 1 is 0.974 bits per heavy atom. The zero-order valence-corrected chi connectivity index (χ0v) is 22.2. The highest BCUT2D eigenvalue weighted by Crippen LogP contribution is 2.23. The van der Waals surface area contributed by atoms with Gasteiger partial charge >= 0.3 is 12.1 Å². The Kier molecular flexibility index (Phi) is 12.2. The third-order valence-corrected chi connectivity index (χ3v) is 6.05. The number of rotatable bonds is 15. The molecule has 0 aliphatic carbocycles. The first-order valence-corrected chi connectivity index (χ1v) is 12.6. The minimum atomic E-state index is -0.949. The van der Waals surface area contributed by atoms with Crippen molar-refractivity contribution >= 4 is 18.5 Å².